The zero-order chi connectivity index (χ0) is 39.3. The molecule has 0 radical (unpaired) electrons. The Morgan fingerprint density at radius 1 is 1.09 bits per heavy atom. The highest BCUT2D eigenvalue weighted by molar-refractivity contribution is 7.89. The smallest absolute Gasteiger partial charge is 0.388 e. The van der Waals surface area contributed by atoms with E-state index >= 15 is 0 Å². The van der Waals surface area contributed by atoms with E-state index in [1.165, 1.54) is 17.4 Å². The summed E-state index contributed by atoms with van der Waals surface area (Å²) in [6, 6.07) is 12.9. The number of thiophene rings is 1. The van der Waals surface area contributed by atoms with Crippen molar-refractivity contribution in [3.8, 4) is 5.75 Å². The number of fused-ring (bicyclic) bond motifs is 1. The van der Waals surface area contributed by atoms with Crippen molar-refractivity contribution in [2.24, 2.45) is 0 Å². The molecule has 2 aromatic heterocycles. The SMILES string of the molecule is Cc1cnc(Nc2ccc(OCCCNC(=O)NCc3scc4c3CN(C3CCC(=O)[NH+]=C3O)C4=O)cc2)nc1Nc1cccc(S(=O)(=O)NC(C)(C)C)c1. The lowest BCUT2D eigenvalue weighted by Crippen LogP contribution is -2.82. The molecule has 16 nitrogen and oxygen atoms in total. The van der Waals surface area contributed by atoms with E-state index in [1.807, 2.05) is 31.2 Å². The van der Waals surface area contributed by atoms with E-state index in [0.29, 0.717) is 61.3 Å². The van der Waals surface area contributed by atoms with Gasteiger partial charge in [0.25, 0.3) is 5.91 Å². The van der Waals surface area contributed by atoms with Crippen LogP contribution in [0, 0.1) is 6.92 Å². The van der Waals surface area contributed by atoms with Crippen molar-refractivity contribution in [2.75, 3.05) is 23.8 Å². The van der Waals surface area contributed by atoms with Gasteiger partial charge in [-0.25, -0.2) is 27.7 Å². The Kier molecular flexibility index (Phi) is 11.7. The van der Waals surface area contributed by atoms with Crippen molar-refractivity contribution in [1.82, 2.24) is 30.2 Å². The highest BCUT2D eigenvalue weighted by Crippen LogP contribution is 2.33. The predicted octanol–water partition coefficient (Wildman–Crippen LogP) is 3.36. The van der Waals surface area contributed by atoms with Crippen molar-refractivity contribution >= 4 is 68.2 Å². The number of aliphatic hydroxyl groups is 1. The Labute approximate surface area is 322 Å². The fourth-order valence-corrected chi connectivity index (χ4v) is 8.43. The molecule has 2 aliphatic rings. The van der Waals surface area contributed by atoms with E-state index in [1.54, 1.807) is 55.4 Å². The van der Waals surface area contributed by atoms with Gasteiger partial charge in [0.2, 0.25) is 16.0 Å². The second-order valence-corrected chi connectivity index (χ2v) is 16.8. The van der Waals surface area contributed by atoms with Crippen LogP contribution in [0.4, 0.5) is 27.9 Å². The fourth-order valence-electron chi connectivity index (χ4n) is 5.99. The van der Waals surface area contributed by atoms with Gasteiger partial charge >= 0.3 is 17.8 Å². The van der Waals surface area contributed by atoms with Crippen LogP contribution in [-0.2, 0) is 27.9 Å². The molecule has 0 aliphatic carbocycles. The van der Waals surface area contributed by atoms with E-state index in [2.05, 4.69) is 40.9 Å². The summed E-state index contributed by atoms with van der Waals surface area (Å²) in [4.78, 5) is 50.9. The largest absolute Gasteiger partial charge is 0.494 e. The van der Waals surface area contributed by atoms with Crippen molar-refractivity contribution in [2.45, 2.75) is 76.5 Å². The third-order valence-corrected chi connectivity index (χ3v) is 11.4. The van der Waals surface area contributed by atoms with Crippen molar-refractivity contribution in [1.29, 1.82) is 0 Å². The third kappa shape index (κ3) is 9.94. The van der Waals surface area contributed by atoms with Gasteiger partial charge in [0.1, 0.15) is 11.6 Å². The molecule has 0 saturated heterocycles. The van der Waals surface area contributed by atoms with Gasteiger partial charge in [0.15, 0.2) is 6.04 Å². The minimum Gasteiger partial charge on any atom is -0.494 e. The second kappa shape index (κ2) is 16.4. The summed E-state index contributed by atoms with van der Waals surface area (Å²) in [5.74, 6) is 0.833. The number of ether oxygens (including phenoxy) is 1. The number of sulfonamides is 1. The lowest BCUT2D eigenvalue weighted by molar-refractivity contribution is -0.394. The van der Waals surface area contributed by atoms with Crippen molar-refractivity contribution in [3.63, 3.8) is 0 Å². The molecule has 0 bridgehead atoms. The summed E-state index contributed by atoms with van der Waals surface area (Å²) in [5, 5.41) is 24.0. The Hall–Kier alpha value is -5.59. The van der Waals surface area contributed by atoms with Crippen LogP contribution in [0.3, 0.4) is 0 Å². The Morgan fingerprint density at radius 2 is 1.87 bits per heavy atom. The first-order valence-corrected chi connectivity index (χ1v) is 20.0. The Balaban J connectivity index is 0.922. The van der Waals surface area contributed by atoms with E-state index < -0.39 is 21.6 Å². The number of nitrogens with zero attached hydrogens (tertiary/aromatic N) is 3. The van der Waals surface area contributed by atoms with E-state index in [0.717, 1.165) is 21.7 Å². The summed E-state index contributed by atoms with van der Waals surface area (Å²) < 4.78 is 34.2. The molecule has 18 heteroatoms. The number of amides is 4. The first-order chi connectivity index (χ1) is 26.1. The molecule has 4 aromatic rings. The molecule has 2 aromatic carbocycles. The van der Waals surface area contributed by atoms with Gasteiger partial charge in [-0.1, -0.05) is 6.07 Å². The molecular weight excluding hydrogens is 747 g/mol. The average molecular weight is 791 g/mol. The number of nitrogens with one attached hydrogen (secondary N) is 6. The monoisotopic (exact) mass is 790 g/mol. The second-order valence-electron chi connectivity index (χ2n) is 14.2. The van der Waals surface area contributed by atoms with Gasteiger partial charge in [0.05, 0.1) is 30.0 Å². The maximum Gasteiger partial charge on any atom is 0.388 e. The van der Waals surface area contributed by atoms with Gasteiger partial charge in [-0.3, -0.25) is 4.79 Å². The number of urea groups is 1. The zero-order valence-electron chi connectivity index (χ0n) is 30.9. The topological polar surface area (TPSA) is 218 Å². The van der Waals surface area contributed by atoms with Gasteiger partial charge in [-0.05, 0) is 88.6 Å². The number of aryl methyl sites for hydroxylation is 1. The number of rotatable bonds is 14. The van der Waals surface area contributed by atoms with E-state index in [4.69, 9.17) is 4.74 Å². The molecule has 290 valence electrons. The van der Waals surface area contributed by atoms with Crippen molar-refractivity contribution in [3.05, 3.63) is 81.7 Å². The summed E-state index contributed by atoms with van der Waals surface area (Å²) in [7, 11) is -3.71. The summed E-state index contributed by atoms with van der Waals surface area (Å²) in [5.41, 5.74) is 2.82. The van der Waals surface area contributed by atoms with E-state index in [-0.39, 0.29) is 41.6 Å². The number of carbonyl (C=O) groups excluding carboxylic acids is 3. The maximum absolute atomic E-state index is 13.0. The minimum absolute atomic E-state index is 0.139. The van der Waals surface area contributed by atoms with Gasteiger partial charge in [-0.15, -0.1) is 16.3 Å². The van der Waals surface area contributed by atoms with Crippen LogP contribution in [0.15, 0.2) is 65.0 Å². The normalized spacial score (nSPS) is 15.7. The molecule has 1 unspecified atom stereocenters. The quantitative estimate of drug-likeness (QED) is 0.0919. The highest BCUT2D eigenvalue weighted by atomic mass is 32.2. The van der Waals surface area contributed by atoms with Crippen LogP contribution < -0.4 is 35.7 Å². The number of benzene rings is 2. The number of hydrogen-bond donors (Lipinski definition) is 7. The lowest BCUT2D eigenvalue weighted by Gasteiger charge is -2.24. The van der Waals surface area contributed by atoms with Crippen LogP contribution >= 0.6 is 11.3 Å². The molecule has 4 heterocycles. The highest BCUT2D eigenvalue weighted by Gasteiger charge is 2.42. The first-order valence-electron chi connectivity index (χ1n) is 17.7. The fraction of sp³-hybridized carbons (Fsp3) is 0.351. The summed E-state index contributed by atoms with van der Waals surface area (Å²) >= 11 is 1.40. The molecule has 55 heavy (non-hydrogen) atoms. The van der Waals surface area contributed by atoms with E-state index in [9.17, 15) is 27.9 Å². The predicted molar refractivity (Wildman–Crippen MR) is 207 cm³/mol. The maximum atomic E-state index is 13.0. The number of aliphatic hydroxyl groups excluding tert-OH is 1. The molecule has 0 saturated carbocycles. The Morgan fingerprint density at radius 3 is 2.62 bits per heavy atom. The first kappa shape index (κ1) is 39.1. The minimum atomic E-state index is -3.71. The average Bonchev–Trinajstić information content (AvgIpc) is 3.67. The number of aromatic nitrogens is 2. The molecule has 4 amide bonds. The van der Waals surface area contributed by atoms with Crippen molar-refractivity contribution < 1.29 is 37.6 Å². The molecular formula is C37H44N9O7S2+. The van der Waals surface area contributed by atoms with Gasteiger partial charge < -0.3 is 36.0 Å². The number of anilines is 4. The Bertz CT molecular complexity index is 2220. The van der Waals surface area contributed by atoms with Crippen LogP contribution in [0.1, 0.15) is 66.4 Å². The zero-order valence-corrected chi connectivity index (χ0v) is 32.5. The van der Waals surface area contributed by atoms with Crippen LogP contribution in [-0.4, -0.2) is 76.9 Å². The molecule has 7 N–H and O–H groups in total. The van der Waals surface area contributed by atoms with Crippen LogP contribution in [0.2, 0.25) is 0 Å². The molecule has 0 fully saturated rings. The molecule has 0 spiro atoms. The van der Waals surface area contributed by atoms with Gasteiger partial charge in [0, 0.05) is 52.0 Å². The summed E-state index contributed by atoms with van der Waals surface area (Å²) in [6.07, 6.45) is 2.82. The molecule has 1 atom stereocenters. The standard InChI is InChI=1S/C37H43N9O7S2/c1-22-18-39-35(44-32(22)41-24-7-5-8-26(17-24)55(51,52)45-37(2,3)4)42-23-9-11-25(12-10-23)53-16-6-15-38-36(50)40-19-30-27-20-46(34(49)28(27)21-54-30)29-13-14-31(47)43-33(29)48/h5,7-12,17-18,21,29,45H,6,13-16,19-20H2,1-4H3,(H2,38,40,50)(H,43,47,48)(H2,39,41,42,44)/p+1. The number of carbonyl (C=O) groups is 3. The van der Waals surface area contributed by atoms with Gasteiger partial charge in [-0.2, -0.15) is 4.98 Å². The van der Waals surface area contributed by atoms with Crippen LogP contribution in [0.5, 0.6) is 5.75 Å². The van der Waals surface area contributed by atoms with Crippen LogP contribution in [0.25, 0.3) is 0 Å². The molecule has 2 aliphatic heterocycles. The lowest BCUT2D eigenvalue weighted by atomic mass is 10.1. The number of hydrogen-bond acceptors (Lipinski definition) is 11. The summed E-state index contributed by atoms with van der Waals surface area (Å²) in [6.45, 7) is 8.52. The molecule has 6 rings (SSSR count). The third-order valence-electron chi connectivity index (χ3n) is 8.62.